The predicted molar refractivity (Wildman–Crippen MR) is 127 cm³/mol. The molecular weight excluding hydrogens is 452 g/mol. The number of benzene rings is 2. The molecule has 2 aromatic rings. The van der Waals surface area contributed by atoms with Gasteiger partial charge in [0.1, 0.15) is 11.8 Å². The number of rotatable bonds is 8. The van der Waals surface area contributed by atoms with E-state index in [1.807, 2.05) is 0 Å². The summed E-state index contributed by atoms with van der Waals surface area (Å²) >= 11 is 11.7. The van der Waals surface area contributed by atoms with Crippen molar-refractivity contribution in [1.82, 2.24) is 10.2 Å². The Morgan fingerprint density at radius 3 is 2.53 bits per heavy atom. The summed E-state index contributed by atoms with van der Waals surface area (Å²) in [5.41, 5.74) is 1.11. The Balaban J connectivity index is 1.78. The lowest BCUT2D eigenvalue weighted by Gasteiger charge is -2.24. The summed E-state index contributed by atoms with van der Waals surface area (Å²) in [6.45, 7) is 1.97. The maximum atomic E-state index is 13.3. The van der Waals surface area contributed by atoms with Crippen LogP contribution in [0.2, 0.25) is 5.02 Å². The van der Waals surface area contributed by atoms with Crippen LogP contribution in [0.1, 0.15) is 13.3 Å². The molecule has 0 aliphatic carbocycles. The molecule has 2 N–H and O–H groups in total. The van der Waals surface area contributed by atoms with Crippen LogP contribution in [0.4, 0.5) is 11.4 Å². The number of carbonyl (C=O) groups is 3. The van der Waals surface area contributed by atoms with E-state index < -0.39 is 6.04 Å². The van der Waals surface area contributed by atoms with E-state index in [4.69, 9.17) is 28.6 Å². The topological polar surface area (TPSA) is 91.0 Å². The molecule has 2 aromatic carbocycles. The number of amides is 3. The van der Waals surface area contributed by atoms with Gasteiger partial charge in [-0.2, -0.15) is 0 Å². The Morgan fingerprint density at radius 1 is 1.19 bits per heavy atom. The third kappa shape index (κ3) is 5.54. The molecule has 3 amide bonds. The van der Waals surface area contributed by atoms with Crippen LogP contribution < -0.4 is 20.3 Å². The first kappa shape index (κ1) is 23.5. The van der Waals surface area contributed by atoms with Gasteiger partial charge in [0, 0.05) is 30.7 Å². The molecule has 1 saturated heterocycles. The molecule has 3 rings (SSSR count). The van der Waals surface area contributed by atoms with Gasteiger partial charge >= 0.3 is 0 Å². The Hall–Kier alpha value is -3.17. The van der Waals surface area contributed by atoms with E-state index in [9.17, 15) is 14.4 Å². The van der Waals surface area contributed by atoms with Gasteiger partial charge in [0.15, 0.2) is 5.11 Å². The van der Waals surface area contributed by atoms with E-state index >= 15 is 0 Å². The van der Waals surface area contributed by atoms with Crippen LogP contribution in [0.15, 0.2) is 48.5 Å². The van der Waals surface area contributed by atoms with Crippen molar-refractivity contribution in [3.63, 3.8) is 0 Å². The highest BCUT2D eigenvalue weighted by Crippen LogP contribution is 2.29. The van der Waals surface area contributed by atoms with Crippen molar-refractivity contribution in [1.29, 1.82) is 0 Å². The molecule has 1 aliphatic heterocycles. The average Bonchev–Trinajstić information content (AvgIpc) is 2.98. The molecule has 168 valence electrons. The van der Waals surface area contributed by atoms with Crippen LogP contribution in [-0.4, -0.2) is 54.0 Å². The van der Waals surface area contributed by atoms with Crippen LogP contribution >= 0.6 is 23.8 Å². The Bertz CT molecular complexity index is 1030. The molecule has 0 saturated carbocycles. The van der Waals surface area contributed by atoms with Gasteiger partial charge in [0.25, 0.3) is 5.91 Å². The smallest absolute Gasteiger partial charge is 0.256 e. The largest absolute Gasteiger partial charge is 0.497 e. The van der Waals surface area contributed by atoms with Gasteiger partial charge in [-0.25, -0.2) is 0 Å². The highest BCUT2D eigenvalue weighted by Gasteiger charge is 2.43. The average molecular weight is 475 g/mol. The zero-order valence-corrected chi connectivity index (χ0v) is 19.2. The molecule has 1 heterocycles. The second-order valence-electron chi connectivity index (χ2n) is 7.11. The third-order valence-corrected chi connectivity index (χ3v) is 5.52. The van der Waals surface area contributed by atoms with Crippen LogP contribution in [0.25, 0.3) is 0 Å². The SMILES string of the molecule is COc1ccc(NC(=O)C[C@@H]2C(=O)N(c3cccc(Cl)c3)C(=S)N2CCNC(C)=O)cc1. The lowest BCUT2D eigenvalue weighted by molar-refractivity contribution is -0.124. The lowest BCUT2D eigenvalue weighted by atomic mass is 10.1. The molecule has 0 bridgehead atoms. The van der Waals surface area contributed by atoms with Crippen molar-refractivity contribution in [2.24, 2.45) is 0 Å². The quantitative estimate of drug-likeness (QED) is 0.572. The van der Waals surface area contributed by atoms with Crippen molar-refractivity contribution in [3.8, 4) is 5.75 Å². The number of thiocarbonyl (C=S) groups is 1. The van der Waals surface area contributed by atoms with Crippen LogP contribution in [0.3, 0.4) is 0 Å². The minimum atomic E-state index is -0.812. The summed E-state index contributed by atoms with van der Waals surface area (Å²) in [4.78, 5) is 40.3. The number of carbonyl (C=O) groups excluding carboxylic acids is 3. The number of anilines is 2. The summed E-state index contributed by atoms with van der Waals surface area (Å²) < 4.78 is 5.12. The van der Waals surface area contributed by atoms with Crippen molar-refractivity contribution in [2.45, 2.75) is 19.4 Å². The van der Waals surface area contributed by atoms with Gasteiger partial charge in [-0.15, -0.1) is 0 Å². The maximum absolute atomic E-state index is 13.3. The van der Waals surface area contributed by atoms with Gasteiger partial charge in [0.05, 0.1) is 19.2 Å². The Kier molecular flexibility index (Phi) is 7.66. The van der Waals surface area contributed by atoms with Gasteiger partial charge in [-0.3, -0.25) is 19.3 Å². The molecule has 0 aromatic heterocycles. The number of nitrogens with zero attached hydrogens (tertiary/aromatic N) is 2. The van der Waals surface area contributed by atoms with Crippen molar-refractivity contribution < 1.29 is 19.1 Å². The van der Waals surface area contributed by atoms with Gasteiger partial charge in [-0.05, 0) is 54.7 Å². The van der Waals surface area contributed by atoms with Gasteiger partial charge in [0.2, 0.25) is 11.8 Å². The number of ether oxygens (including phenoxy) is 1. The fourth-order valence-electron chi connectivity index (χ4n) is 3.35. The fourth-order valence-corrected chi connectivity index (χ4v) is 3.95. The molecule has 1 atom stereocenters. The van der Waals surface area contributed by atoms with E-state index in [-0.39, 0.29) is 42.3 Å². The molecule has 1 fully saturated rings. The highest BCUT2D eigenvalue weighted by molar-refractivity contribution is 7.80. The number of hydrogen-bond acceptors (Lipinski definition) is 5. The molecule has 0 spiro atoms. The highest BCUT2D eigenvalue weighted by atomic mass is 35.5. The molecule has 0 unspecified atom stereocenters. The third-order valence-electron chi connectivity index (χ3n) is 4.86. The Labute approximate surface area is 196 Å². The van der Waals surface area contributed by atoms with E-state index in [0.29, 0.717) is 22.1 Å². The van der Waals surface area contributed by atoms with Gasteiger partial charge < -0.3 is 20.3 Å². The minimum absolute atomic E-state index is 0.109. The monoisotopic (exact) mass is 474 g/mol. The van der Waals surface area contributed by atoms with Crippen LogP contribution in [0, 0.1) is 0 Å². The molecule has 8 nitrogen and oxygen atoms in total. The van der Waals surface area contributed by atoms with Gasteiger partial charge in [-0.1, -0.05) is 17.7 Å². The molecule has 32 heavy (non-hydrogen) atoms. The summed E-state index contributed by atoms with van der Waals surface area (Å²) in [5, 5.41) is 6.20. The van der Waals surface area contributed by atoms with E-state index in [1.165, 1.54) is 11.8 Å². The van der Waals surface area contributed by atoms with Crippen LogP contribution in [-0.2, 0) is 14.4 Å². The number of methoxy groups -OCH3 is 1. The lowest BCUT2D eigenvalue weighted by Crippen LogP contribution is -2.42. The second kappa shape index (κ2) is 10.4. The van der Waals surface area contributed by atoms with E-state index in [1.54, 1.807) is 60.5 Å². The second-order valence-corrected chi connectivity index (χ2v) is 7.91. The summed E-state index contributed by atoms with van der Waals surface area (Å²) in [7, 11) is 1.56. The standard InChI is InChI=1S/C22H23ClN4O4S/c1-14(28)24-10-11-26-19(13-20(29)25-16-6-8-18(31-2)9-7-16)21(30)27(22(26)32)17-5-3-4-15(23)12-17/h3-9,12,19H,10-11,13H2,1-2H3,(H,24,28)(H,25,29)/t19-/m1/s1. The molecular formula is C22H23ClN4O4S. The van der Waals surface area contributed by atoms with Crippen LogP contribution in [0.5, 0.6) is 5.75 Å². The number of hydrogen-bond donors (Lipinski definition) is 2. The zero-order valence-electron chi connectivity index (χ0n) is 17.6. The molecule has 10 heteroatoms. The first-order chi connectivity index (χ1) is 15.3. The first-order valence-electron chi connectivity index (χ1n) is 9.88. The van der Waals surface area contributed by atoms with E-state index in [0.717, 1.165) is 0 Å². The molecule has 1 aliphatic rings. The predicted octanol–water partition coefficient (Wildman–Crippen LogP) is 2.82. The van der Waals surface area contributed by atoms with Crippen molar-refractivity contribution in [3.05, 3.63) is 53.6 Å². The van der Waals surface area contributed by atoms with Crippen molar-refractivity contribution in [2.75, 3.05) is 30.4 Å². The molecule has 0 radical (unpaired) electrons. The number of nitrogens with one attached hydrogen (secondary N) is 2. The van der Waals surface area contributed by atoms with Crippen molar-refractivity contribution >= 4 is 58.0 Å². The zero-order chi connectivity index (χ0) is 23.3. The first-order valence-corrected chi connectivity index (χ1v) is 10.7. The maximum Gasteiger partial charge on any atom is 0.256 e. The summed E-state index contributed by atoms with van der Waals surface area (Å²) in [5.74, 6) is -0.193. The summed E-state index contributed by atoms with van der Waals surface area (Å²) in [6, 6.07) is 12.8. The summed E-state index contributed by atoms with van der Waals surface area (Å²) in [6.07, 6.45) is -0.109. The van der Waals surface area contributed by atoms with E-state index in [2.05, 4.69) is 10.6 Å². The number of halogens is 1. The minimum Gasteiger partial charge on any atom is -0.497 e. The Morgan fingerprint density at radius 2 is 1.91 bits per heavy atom. The fraction of sp³-hybridized carbons (Fsp3) is 0.273. The normalized spacial score (nSPS) is 15.7.